The van der Waals surface area contributed by atoms with E-state index in [-0.39, 0.29) is 0 Å². The monoisotopic (exact) mass is 328 g/mol. The van der Waals surface area contributed by atoms with Crippen molar-refractivity contribution in [2.24, 2.45) is 5.92 Å². The summed E-state index contributed by atoms with van der Waals surface area (Å²) in [6.45, 7) is 25.8. The summed E-state index contributed by atoms with van der Waals surface area (Å²) in [6, 6.07) is 0. The standard InChI is InChI=1S/C6H12.C3H8.2C3H4.4C2H6/c1-2-6-4-3-5-6;3*1-3-2;4*1-2/h6H,2-5H2,1H3;3H2,1-2H3;2*1H,2H3;4*1-2H3. The minimum Gasteiger partial charge on any atom is -0.120 e. The highest BCUT2D eigenvalue weighted by atomic mass is 14.2. The van der Waals surface area contributed by atoms with Gasteiger partial charge in [0.2, 0.25) is 0 Å². The molecule has 23 heavy (non-hydrogen) atoms. The van der Waals surface area contributed by atoms with E-state index in [1.165, 1.54) is 32.1 Å². The van der Waals surface area contributed by atoms with Crippen LogP contribution in [0.5, 0.6) is 0 Å². The van der Waals surface area contributed by atoms with E-state index in [2.05, 4.69) is 45.5 Å². The van der Waals surface area contributed by atoms with Crippen molar-refractivity contribution in [3.63, 3.8) is 0 Å². The van der Waals surface area contributed by atoms with E-state index >= 15 is 0 Å². The van der Waals surface area contributed by atoms with E-state index in [0.29, 0.717) is 0 Å². The molecular formula is C23H52. The highest BCUT2D eigenvalue weighted by Gasteiger charge is 2.13. The van der Waals surface area contributed by atoms with Gasteiger partial charge in [-0.05, 0) is 19.8 Å². The Bertz CT molecular complexity index is 135. The van der Waals surface area contributed by atoms with Crippen LogP contribution in [-0.2, 0) is 0 Å². The highest BCUT2D eigenvalue weighted by molar-refractivity contribution is 4.74. The molecule has 1 aliphatic rings. The van der Waals surface area contributed by atoms with E-state index < -0.39 is 0 Å². The van der Waals surface area contributed by atoms with Crippen molar-refractivity contribution in [1.29, 1.82) is 0 Å². The Labute approximate surface area is 153 Å². The lowest BCUT2D eigenvalue weighted by atomic mass is 9.84. The molecule has 0 aromatic heterocycles. The lowest BCUT2D eigenvalue weighted by Crippen LogP contribution is -2.08. The summed E-state index contributed by atoms with van der Waals surface area (Å²) in [6.07, 6.45) is 16.4. The van der Waals surface area contributed by atoms with Crippen LogP contribution in [0, 0.1) is 30.6 Å². The molecule has 0 heterocycles. The third kappa shape index (κ3) is 152. The Hall–Kier alpha value is -0.880. The molecule has 0 bridgehead atoms. The van der Waals surface area contributed by atoms with Gasteiger partial charge in [-0.2, -0.15) is 0 Å². The smallest absolute Gasteiger partial charge is 0.00297 e. The SMILES string of the molecule is C#CC.C#CC.CC.CC.CC.CC.CCC.CCC1CCC1. The molecule has 1 rings (SSSR count). The first-order valence-electron chi connectivity index (χ1n) is 9.92. The van der Waals surface area contributed by atoms with Gasteiger partial charge in [-0.15, -0.1) is 24.7 Å². The summed E-state index contributed by atoms with van der Waals surface area (Å²) >= 11 is 0. The van der Waals surface area contributed by atoms with Crippen molar-refractivity contribution < 1.29 is 0 Å². The van der Waals surface area contributed by atoms with Crippen molar-refractivity contribution in [3.05, 3.63) is 0 Å². The Morgan fingerprint density at radius 1 is 0.696 bits per heavy atom. The van der Waals surface area contributed by atoms with Gasteiger partial charge in [-0.25, -0.2) is 0 Å². The van der Waals surface area contributed by atoms with Crippen LogP contribution >= 0.6 is 0 Å². The molecule has 0 nitrogen and oxygen atoms in total. The molecule has 1 fully saturated rings. The molecular weight excluding hydrogens is 276 g/mol. The molecule has 0 aromatic rings. The molecule has 0 unspecified atom stereocenters. The molecule has 0 atom stereocenters. The van der Waals surface area contributed by atoms with E-state index in [9.17, 15) is 0 Å². The lowest BCUT2D eigenvalue weighted by molar-refractivity contribution is 0.307. The first kappa shape index (κ1) is 43.2. The van der Waals surface area contributed by atoms with Gasteiger partial charge >= 0.3 is 0 Å². The Morgan fingerprint density at radius 3 is 0.870 bits per heavy atom. The second kappa shape index (κ2) is 103. The first-order chi connectivity index (χ1) is 11.2. The van der Waals surface area contributed by atoms with Crippen LogP contribution in [0.15, 0.2) is 0 Å². The fourth-order valence-electron chi connectivity index (χ4n) is 0.901. The average molecular weight is 329 g/mol. The van der Waals surface area contributed by atoms with Gasteiger partial charge in [0, 0.05) is 0 Å². The average Bonchev–Trinajstić information content (AvgIpc) is 2.56. The predicted molar refractivity (Wildman–Crippen MR) is 118 cm³/mol. The number of hydrogen-bond acceptors (Lipinski definition) is 0. The topological polar surface area (TPSA) is 0 Å². The van der Waals surface area contributed by atoms with E-state index in [4.69, 9.17) is 0 Å². The summed E-state index contributed by atoms with van der Waals surface area (Å²) in [7, 11) is 0. The number of terminal acetylenes is 2. The van der Waals surface area contributed by atoms with E-state index in [1.54, 1.807) is 13.8 Å². The fourth-order valence-corrected chi connectivity index (χ4v) is 0.901. The van der Waals surface area contributed by atoms with Crippen LogP contribution in [0.2, 0.25) is 0 Å². The van der Waals surface area contributed by atoms with Gasteiger partial charge in [0.25, 0.3) is 0 Å². The lowest BCUT2D eigenvalue weighted by Gasteiger charge is -2.22. The molecule has 144 valence electrons. The molecule has 0 saturated heterocycles. The minimum atomic E-state index is 1.12. The van der Waals surface area contributed by atoms with Crippen molar-refractivity contribution in [1.82, 2.24) is 0 Å². The van der Waals surface area contributed by atoms with Crippen LogP contribution < -0.4 is 0 Å². The van der Waals surface area contributed by atoms with Gasteiger partial charge < -0.3 is 0 Å². The summed E-state index contributed by atoms with van der Waals surface area (Å²) in [5.74, 6) is 5.62. The molecule has 0 radical (unpaired) electrons. The normalized spacial score (nSPS) is 8.65. The van der Waals surface area contributed by atoms with E-state index in [0.717, 1.165) is 5.92 Å². The highest BCUT2D eigenvalue weighted by Crippen LogP contribution is 2.28. The Kier molecular flexibility index (Phi) is 193. The second-order valence-corrected chi connectivity index (χ2v) is 3.49. The van der Waals surface area contributed by atoms with Gasteiger partial charge in [0.15, 0.2) is 0 Å². The van der Waals surface area contributed by atoms with Crippen LogP contribution in [0.25, 0.3) is 0 Å². The van der Waals surface area contributed by atoms with E-state index in [1.807, 2.05) is 55.4 Å². The summed E-state index contributed by atoms with van der Waals surface area (Å²) in [4.78, 5) is 0. The fraction of sp³-hybridized carbons (Fsp3) is 0.826. The number of hydrogen-bond donors (Lipinski definition) is 0. The summed E-state index contributed by atoms with van der Waals surface area (Å²) in [5, 5.41) is 0. The zero-order valence-electron chi connectivity index (χ0n) is 19.3. The third-order valence-electron chi connectivity index (χ3n) is 1.80. The maximum atomic E-state index is 4.60. The maximum Gasteiger partial charge on any atom is -0.00297 e. The molecule has 0 amide bonds. The van der Waals surface area contributed by atoms with Gasteiger partial charge in [0.1, 0.15) is 0 Å². The molecule has 0 aliphatic heterocycles. The van der Waals surface area contributed by atoms with Crippen molar-refractivity contribution in [2.75, 3.05) is 0 Å². The second-order valence-electron chi connectivity index (χ2n) is 3.49. The van der Waals surface area contributed by atoms with Crippen LogP contribution in [0.1, 0.15) is 122 Å². The molecule has 0 N–H and O–H groups in total. The molecule has 1 aliphatic carbocycles. The molecule has 1 saturated carbocycles. The zero-order valence-corrected chi connectivity index (χ0v) is 19.3. The first-order valence-corrected chi connectivity index (χ1v) is 9.92. The minimum absolute atomic E-state index is 1.12. The predicted octanol–water partition coefficient (Wildman–Crippen LogP) is 9.00. The third-order valence-corrected chi connectivity index (χ3v) is 1.80. The molecule has 0 spiro atoms. The quantitative estimate of drug-likeness (QED) is 0.421. The van der Waals surface area contributed by atoms with Crippen LogP contribution in [0.3, 0.4) is 0 Å². The number of rotatable bonds is 1. The van der Waals surface area contributed by atoms with Gasteiger partial charge in [-0.1, -0.05) is 108 Å². The summed E-state index contributed by atoms with van der Waals surface area (Å²) in [5.41, 5.74) is 0. The zero-order chi connectivity index (χ0) is 20.5. The van der Waals surface area contributed by atoms with Crippen LogP contribution in [0.4, 0.5) is 0 Å². The molecule has 0 aromatic carbocycles. The van der Waals surface area contributed by atoms with Gasteiger partial charge in [-0.3, -0.25) is 0 Å². The maximum absolute atomic E-state index is 4.60. The Balaban J connectivity index is -0.0000000270. The van der Waals surface area contributed by atoms with Crippen molar-refractivity contribution in [3.8, 4) is 24.7 Å². The van der Waals surface area contributed by atoms with Crippen LogP contribution in [-0.4, -0.2) is 0 Å². The Morgan fingerprint density at radius 2 is 0.870 bits per heavy atom. The van der Waals surface area contributed by atoms with Gasteiger partial charge in [0.05, 0.1) is 0 Å². The van der Waals surface area contributed by atoms with Crippen molar-refractivity contribution >= 4 is 0 Å². The summed E-state index contributed by atoms with van der Waals surface area (Å²) < 4.78 is 0. The van der Waals surface area contributed by atoms with Crippen molar-refractivity contribution in [2.45, 2.75) is 122 Å². The molecule has 0 heteroatoms. The largest absolute Gasteiger partial charge is 0.120 e.